The Labute approximate surface area is 130 Å². The molecule has 4 aromatic rings. The molecule has 0 aliphatic carbocycles. The van der Waals surface area contributed by atoms with Crippen molar-refractivity contribution < 1.29 is 4.42 Å². The van der Waals surface area contributed by atoms with Crippen molar-refractivity contribution >= 4 is 22.8 Å². The Balaban J connectivity index is 1.53. The van der Waals surface area contributed by atoms with E-state index in [1.807, 2.05) is 42.5 Å². The molecule has 0 aliphatic rings. The summed E-state index contributed by atoms with van der Waals surface area (Å²) in [4.78, 5) is 7.64. The third-order valence-electron chi connectivity index (χ3n) is 3.20. The molecular weight excluding hydrogens is 296 g/mol. The fourth-order valence-electron chi connectivity index (χ4n) is 2.14. The first-order valence-corrected chi connectivity index (χ1v) is 7.82. The number of rotatable bonds is 4. The van der Waals surface area contributed by atoms with Gasteiger partial charge in [-0.1, -0.05) is 54.2 Å². The van der Waals surface area contributed by atoms with Crippen molar-refractivity contribution in [1.29, 1.82) is 0 Å². The molecule has 0 spiro atoms. The normalized spacial score (nSPS) is 11.1. The number of fused-ring (bicyclic) bond motifs is 1. The molecule has 0 amide bonds. The van der Waals surface area contributed by atoms with Crippen LogP contribution in [0.25, 0.3) is 22.7 Å². The first kappa shape index (κ1) is 13.1. The number of aromatic nitrogens is 4. The van der Waals surface area contributed by atoms with Crippen LogP contribution in [0, 0.1) is 0 Å². The van der Waals surface area contributed by atoms with Crippen molar-refractivity contribution in [2.75, 3.05) is 0 Å². The summed E-state index contributed by atoms with van der Waals surface area (Å²) in [6, 6.07) is 18.0. The Morgan fingerprint density at radius 2 is 1.77 bits per heavy atom. The Hall–Kier alpha value is -2.60. The highest BCUT2D eigenvalue weighted by Crippen LogP contribution is 2.25. The number of H-pyrrole nitrogens is 1. The highest BCUT2D eigenvalue weighted by Gasteiger charge is 2.13. The molecular formula is C16H12N4OS. The summed E-state index contributed by atoms with van der Waals surface area (Å²) in [6.45, 7) is 0. The zero-order valence-corrected chi connectivity index (χ0v) is 12.4. The summed E-state index contributed by atoms with van der Waals surface area (Å²) in [5.41, 5.74) is 3.05. The second-order valence-corrected chi connectivity index (χ2v) is 5.68. The van der Waals surface area contributed by atoms with Gasteiger partial charge in [-0.3, -0.25) is 0 Å². The van der Waals surface area contributed by atoms with E-state index in [1.165, 1.54) is 17.3 Å². The van der Waals surface area contributed by atoms with Gasteiger partial charge in [0.25, 0.3) is 11.1 Å². The molecule has 5 nitrogen and oxygen atoms in total. The number of thioether (sulfide) groups is 1. The predicted octanol–water partition coefficient (Wildman–Crippen LogP) is 3.91. The number of aromatic amines is 1. The van der Waals surface area contributed by atoms with Crippen molar-refractivity contribution in [3.05, 3.63) is 60.2 Å². The van der Waals surface area contributed by atoms with E-state index >= 15 is 0 Å². The van der Waals surface area contributed by atoms with Crippen LogP contribution in [-0.4, -0.2) is 20.2 Å². The first-order chi connectivity index (χ1) is 10.9. The second kappa shape index (κ2) is 5.65. The first-order valence-electron chi connectivity index (χ1n) is 6.84. The molecule has 2 aromatic carbocycles. The molecule has 2 aromatic heterocycles. The molecule has 0 radical (unpaired) electrons. The fourth-order valence-corrected chi connectivity index (χ4v) is 2.86. The maximum atomic E-state index is 5.67. The molecule has 0 saturated carbocycles. The van der Waals surface area contributed by atoms with E-state index in [4.69, 9.17) is 4.42 Å². The van der Waals surface area contributed by atoms with E-state index in [0.29, 0.717) is 16.9 Å². The topological polar surface area (TPSA) is 67.6 Å². The zero-order valence-electron chi connectivity index (χ0n) is 11.6. The quantitative estimate of drug-likeness (QED) is 0.579. The third kappa shape index (κ3) is 2.60. The lowest BCUT2D eigenvalue weighted by Gasteiger charge is -1.96. The minimum atomic E-state index is 0.409. The van der Waals surface area contributed by atoms with Gasteiger partial charge in [-0.15, -0.1) is 10.2 Å². The zero-order chi connectivity index (χ0) is 14.8. The van der Waals surface area contributed by atoms with Crippen LogP contribution < -0.4 is 0 Å². The van der Waals surface area contributed by atoms with Crippen molar-refractivity contribution in [3.8, 4) is 11.7 Å². The summed E-state index contributed by atoms with van der Waals surface area (Å²) in [5, 5.41) is 8.67. The van der Waals surface area contributed by atoms with Crippen LogP contribution in [0.15, 0.2) is 64.2 Å². The molecule has 2 heterocycles. The lowest BCUT2D eigenvalue weighted by molar-refractivity contribution is 0.463. The van der Waals surface area contributed by atoms with E-state index in [0.717, 1.165) is 16.8 Å². The SMILES string of the molecule is c1ccc(CSc2nnc(-c3nc4ccccc4[nH]3)o2)cc1. The number of benzene rings is 2. The lowest BCUT2D eigenvalue weighted by atomic mass is 10.2. The van der Waals surface area contributed by atoms with Gasteiger partial charge in [0.1, 0.15) is 0 Å². The highest BCUT2D eigenvalue weighted by molar-refractivity contribution is 7.98. The Bertz CT molecular complexity index is 868. The van der Waals surface area contributed by atoms with Gasteiger partial charge in [-0.2, -0.15) is 0 Å². The molecule has 6 heteroatoms. The van der Waals surface area contributed by atoms with Gasteiger partial charge in [0.2, 0.25) is 0 Å². The van der Waals surface area contributed by atoms with Gasteiger partial charge in [0.05, 0.1) is 11.0 Å². The van der Waals surface area contributed by atoms with Crippen molar-refractivity contribution in [3.63, 3.8) is 0 Å². The predicted molar refractivity (Wildman–Crippen MR) is 85.4 cm³/mol. The summed E-state index contributed by atoms with van der Waals surface area (Å²) >= 11 is 1.51. The van der Waals surface area contributed by atoms with E-state index in [-0.39, 0.29) is 0 Å². The van der Waals surface area contributed by atoms with Crippen LogP contribution in [0.4, 0.5) is 0 Å². The maximum Gasteiger partial charge on any atom is 0.284 e. The molecule has 0 unspecified atom stereocenters. The fraction of sp³-hybridized carbons (Fsp3) is 0.0625. The Kier molecular flexibility index (Phi) is 3.36. The number of hydrogen-bond acceptors (Lipinski definition) is 5. The van der Waals surface area contributed by atoms with Gasteiger partial charge in [0, 0.05) is 5.75 Å². The summed E-state index contributed by atoms with van der Waals surface area (Å²) in [6.07, 6.45) is 0. The molecule has 0 atom stereocenters. The van der Waals surface area contributed by atoms with Gasteiger partial charge in [-0.25, -0.2) is 4.98 Å². The molecule has 0 saturated heterocycles. The van der Waals surface area contributed by atoms with E-state index in [9.17, 15) is 0 Å². The molecule has 22 heavy (non-hydrogen) atoms. The van der Waals surface area contributed by atoms with Crippen LogP contribution in [0.3, 0.4) is 0 Å². The molecule has 4 rings (SSSR count). The molecule has 1 N–H and O–H groups in total. The summed E-state index contributed by atoms with van der Waals surface area (Å²) in [5.74, 6) is 1.80. The van der Waals surface area contributed by atoms with Crippen molar-refractivity contribution in [2.24, 2.45) is 0 Å². The largest absolute Gasteiger partial charge is 0.408 e. The summed E-state index contributed by atoms with van der Waals surface area (Å²) in [7, 11) is 0. The summed E-state index contributed by atoms with van der Waals surface area (Å²) < 4.78 is 5.67. The monoisotopic (exact) mass is 308 g/mol. The van der Waals surface area contributed by atoms with E-state index in [2.05, 4.69) is 32.3 Å². The van der Waals surface area contributed by atoms with Crippen molar-refractivity contribution in [2.45, 2.75) is 11.0 Å². The molecule has 0 fully saturated rings. The van der Waals surface area contributed by atoms with Crippen LogP contribution in [0.5, 0.6) is 0 Å². The molecule has 108 valence electrons. The van der Waals surface area contributed by atoms with Gasteiger partial charge < -0.3 is 9.40 Å². The highest BCUT2D eigenvalue weighted by atomic mass is 32.2. The van der Waals surface area contributed by atoms with Crippen LogP contribution >= 0.6 is 11.8 Å². The Morgan fingerprint density at radius 3 is 2.64 bits per heavy atom. The average Bonchev–Trinajstić information content (AvgIpc) is 3.20. The van der Waals surface area contributed by atoms with Crippen LogP contribution in [-0.2, 0) is 5.75 Å². The smallest absolute Gasteiger partial charge is 0.284 e. The van der Waals surface area contributed by atoms with Crippen LogP contribution in [0.1, 0.15) is 5.56 Å². The van der Waals surface area contributed by atoms with Gasteiger partial charge >= 0.3 is 0 Å². The standard InChI is InChI=1S/C16H12N4OS/c1-2-6-11(7-3-1)10-22-16-20-19-15(21-16)14-17-12-8-4-5-9-13(12)18-14/h1-9H,10H2,(H,17,18). The minimum absolute atomic E-state index is 0.409. The minimum Gasteiger partial charge on any atom is -0.408 e. The number of nitrogens with zero attached hydrogens (tertiary/aromatic N) is 3. The lowest BCUT2D eigenvalue weighted by Crippen LogP contribution is -1.79. The van der Waals surface area contributed by atoms with Gasteiger partial charge in [0.15, 0.2) is 5.82 Å². The number of para-hydroxylation sites is 2. The third-order valence-corrected chi connectivity index (χ3v) is 4.09. The Morgan fingerprint density at radius 1 is 0.955 bits per heavy atom. The maximum absolute atomic E-state index is 5.67. The molecule has 0 aliphatic heterocycles. The molecule has 0 bridgehead atoms. The number of nitrogens with one attached hydrogen (secondary N) is 1. The number of hydrogen-bond donors (Lipinski definition) is 1. The van der Waals surface area contributed by atoms with E-state index in [1.54, 1.807) is 0 Å². The second-order valence-electron chi connectivity index (χ2n) is 4.75. The van der Waals surface area contributed by atoms with E-state index < -0.39 is 0 Å². The number of imidazole rings is 1. The van der Waals surface area contributed by atoms with Gasteiger partial charge in [-0.05, 0) is 17.7 Å². The van der Waals surface area contributed by atoms with Crippen LogP contribution in [0.2, 0.25) is 0 Å². The van der Waals surface area contributed by atoms with Crippen molar-refractivity contribution in [1.82, 2.24) is 20.2 Å². The average molecular weight is 308 g/mol.